The summed E-state index contributed by atoms with van der Waals surface area (Å²) in [4.78, 5) is 12.9. The van der Waals surface area contributed by atoms with E-state index >= 15 is 0 Å². The Kier molecular flexibility index (Phi) is 7.37. The highest BCUT2D eigenvalue weighted by Gasteiger charge is 2.44. The van der Waals surface area contributed by atoms with Gasteiger partial charge in [0.25, 0.3) is 0 Å². The molecule has 3 aliphatic rings. The highest BCUT2D eigenvalue weighted by atomic mass is 32.2. The number of rotatable bonds is 9. The number of aliphatic hydroxyl groups excluding tert-OH is 1. The molecule has 0 unspecified atom stereocenters. The molecule has 10 heteroatoms. The Labute approximate surface area is 235 Å². The second kappa shape index (κ2) is 10.8. The zero-order valence-corrected chi connectivity index (χ0v) is 24.1. The summed E-state index contributed by atoms with van der Waals surface area (Å²) in [6, 6.07) is 10.1. The van der Waals surface area contributed by atoms with E-state index in [0.717, 1.165) is 42.7 Å². The molecule has 1 aliphatic heterocycles. The van der Waals surface area contributed by atoms with Gasteiger partial charge in [0.2, 0.25) is 10.0 Å². The van der Waals surface area contributed by atoms with E-state index in [9.17, 15) is 13.5 Å². The third-order valence-corrected chi connectivity index (χ3v) is 11.3. The van der Waals surface area contributed by atoms with Gasteiger partial charge in [0, 0.05) is 28.9 Å². The Morgan fingerprint density at radius 3 is 2.54 bits per heavy atom. The highest BCUT2D eigenvalue weighted by Crippen LogP contribution is 2.54. The van der Waals surface area contributed by atoms with E-state index in [4.69, 9.17) is 0 Å². The fourth-order valence-corrected chi connectivity index (χ4v) is 8.15. The Bertz CT molecular complexity index is 1460. The maximum atomic E-state index is 12.5. The molecule has 1 aromatic heterocycles. The van der Waals surface area contributed by atoms with Crippen LogP contribution in [0, 0.1) is 12.3 Å². The van der Waals surface area contributed by atoms with Crippen molar-refractivity contribution in [2.45, 2.75) is 68.4 Å². The van der Waals surface area contributed by atoms with Crippen molar-refractivity contribution < 1.29 is 13.5 Å². The Hall–Kier alpha value is -2.56. The first-order chi connectivity index (χ1) is 18.8. The number of thioether (sulfide) groups is 1. The van der Waals surface area contributed by atoms with Gasteiger partial charge in [-0.25, -0.2) is 18.4 Å². The number of piperidine rings is 1. The van der Waals surface area contributed by atoms with E-state index in [0.29, 0.717) is 27.7 Å². The zero-order chi connectivity index (χ0) is 27.0. The lowest BCUT2D eigenvalue weighted by molar-refractivity contribution is 0.320. The Morgan fingerprint density at radius 1 is 1.05 bits per heavy atom. The average molecular weight is 568 g/mol. The van der Waals surface area contributed by atoms with Crippen molar-refractivity contribution in [3.05, 3.63) is 42.2 Å². The van der Waals surface area contributed by atoms with Crippen LogP contribution in [-0.4, -0.2) is 54.2 Å². The van der Waals surface area contributed by atoms with E-state index in [1.807, 2.05) is 17.8 Å². The zero-order valence-electron chi connectivity index (χ0n) is 22.4. The predicted molar refractivity (Wildman–Crippen MR) is 160 cm³/mol. The summed E-state index contributed by atoms with van der Waals surface area (Å²) in [6.07, 6.45) is 11.6. The highest BCUT2D eigenvalue weighted by molar-refractivity contribution is 8.00. The molecular formula is C29H37N5O3S2. The fourth-order valence-electron chi connectivity index (χ4n) is 5.95. The van der Waals surface area contributed by atoms with Crippen LogP contribution in [0.2, 0.25) is 0 Å². The minimum absolute atomic E-state index is 0.349. The van der Waals surface area contributed by atoms with Crippen molar-refractivity contribution >= 4 is 55.6 Å². The summed E-state index contributed by atoms with van der Waals surface area (Å²) < 4.78 is 27.6. The average Bonchev–Trinajstić information content (AvgIpc) is 3.45. The van der Waals surface area contributed by atoms with Crippen LogP contribution in [0.3, 0.4) is 0 Å². The van der Waals surface area contributed by atoms with Gasteiger partial charge in [-0.2, -0.15) is 0 Å². The number of benzene rings is 2. The van der Waals surface area contributed by atoms with E-state index < -0.39 is 16.6 Å². The number of sulfonamides is 1. The molecule has 0 bridgehead atoms. The summed E-state index contributed by atoms with van der Waals surface area (Å²) >= 11 is 1.98. The summed E-state index contributed by atoms with van der Waals surface area (Å²) in [7, 11) is -3.67. The molecule has 6 rings (SSSR count). The first-order valence-corrected chi connectivity index (χ1v) is 16.6. The van der Waals surface area contributed by atoms with Crippen molar-refractivity contribution in [2.75, 3.05) is 40.4 Å². The molecule has 3 aromatic rings. The minimum atomic E-state index is -3.67. The van der Waals surface area contributed by atoms with Gasteiger partial charge in [-0.3, -0.25) is 4.72 Å². The van der Waals surface area contributed by atoms with Crippen LogP contribution in [0.15, 0.2) is 41.6 Å². The van der Waals surface area contributed by atoms with Crippen LogP contribution in [-0.2, 0) is 10.0 Å². The summed E-state index contributed by atoms with van der Waals surface area (Å²) in [5.41, 5.74) is 4.84. The molecule has 0 radical (unpaired) electrons. The molecular weight excluding hydrogens is 530 g/mol. The van der Waals surface area contributed by atoms with Crippen molar-refractivity contribution in [3.63, 3.8) is 0 Å². The molecule has 2 aromatic carbocycles. The minimum Gasteiger partial charge on any atom is -0.395 e. The van der Waals surface area contributed by atoms with Crippen LogP contribution in [0.1, 0.15) is 56.9 Å². The molecule has 3 N–H and O–H groups in total. The molecule has 1 saturated heterocycles. The van der Waals surface area contributed by atoms with E-state index in [-0.39, 0.29) is 5.75 Å². The lowest BCUT2D eigenvalue weighted by atomic mass is 9.93. The van der Waals surface area contributed by atoms with E-state index in [1.165, 1.54) is 55.3 Å². The van der Waals surface area contributed by atoms with Crippen molar-refractivity contribution in [1.29, 1.82) is 0 Å². The van der Waals surface area contributed by atoms with Crippen LogP contribution < -0.4 is 14.9 Å². The van der Waals surface area contributed by atoms with Gasteiger partial charge < -0.3 is 15.3 Å². The van der Waals surface area contributed by atoms with Crippen LogP contribution in [0.5, 0.6) is 0 Å². The largest absolute Gasteiger partial charge is 0.395 e. The van der Waals surface area contributed by atoms with Crippen LogP contribution in [0.25, 0.3) is 10.9 Å². The maximum Gasteiger partial charge on any atom is 0.234 e. The molecule has 0 atom stereocenters. The molecule has 39 heavy (non-hydrogen) atoms. The monoisotopic (exact) mass is 567 g/mol. The van der Waals surface area contributed by atoms with Crippen LogP contribution >= 0.6 is 11.8 Å². The molecule has 2 saturated carbocycles. The van der Waals surface area contributed by atoms with Gasteiger partial charge in [-0.05, 0) is 80.7 Å². The molecule has 2 heterocycles. The number of aromatic nitrogens is 2. The lowest BCUT2D eigenvalue weighted by Gasteiger charge is -2.35. The number of anilines is 4. The van der Waals surface area contributed by atoms with Crippen molar-refractivity contribution in [3.8, 4) is 0 Å². The number of hydrogen-bond acceptors (Lipinski definition) is 8. The number of fused-ring (bicyclic) bond motifs is 1. The number of nitrogens with one attached hydrogen (secondary N) is 2. The molecule has 2 aliphatic carbocycles. The van der Waals surface area contributed by atoms with Gasteiger partial charge in [0.1, 0.15) is 12.1 Å². The van der Waals surface area contributed by atoms with E-state index in [2.05, 4.69) is 50.0 Å². The standard InChI is InChI=1S/C29H37N5O3S2/c1-20-6-7-21(18-26(20)38-23-4-2-3-5-23)32-28-27-24(30-19-31-28)16-22(33-39(36,37)15-14-35)17-25(27)34-12-10-29(8-9-29)11-13-34/h6-7,16-19,23,33,35H,2-5,8-15H2,1H3,(H,30,31,32). The SMILES string of the molecule is Cc1ccc(Nc2ncnc3cc(NS(=O)(=O)CCO)cc(N4CCC5(CC4)CC5)c23)cc1SC1CCCC1. The van der Waals surface area contributed by atoms with Crippen molar-refractivity contribution in [2.24, 2.45) is 5.41 Å². The number of nitrogens with zero attached hydrogens (tertiary/aromatic N) is 3. The molecule has 8 nitrogen and oxygen atoms in total. The molecule has 208 valence electrons. The summed E-state index contributed by atoms with van der Waals surface area (Å²) in [6.45, 7) is 3.57. The number of hydrogen-bond donors (Lipinski definition) is 3. The first-order valence-electron chi connectivity index (χ1n) is 14.0. The molecule has 0 amide bonds. The summed E-state index contributed by atoms with van der Waals surface area (Å²) in [5, 5.41) is 14.3. The Morgan fingerprint density at radius 2 is 1.82 bits per heavy atom. The first kappa shape index (κ1) is 26.7. The number of aryl methyl sites for hydroxylation is 1. The second-order valence-electron chi connectivity index (χ2n) is 11.4. The third kappa shape index (κ3) is 5.98. The van der Waals surface area contributed by atoms with Crippen molar-refractivity contribution in [1.82, 2.24) is 9.97 Å². The molecule has 3 fully saturated rings. The van der Waals surface area contributed by atoms with Crippen LogP contribution in [0.4, 0.5) is 22.9 Å². The van der Waals surface area contributed by atoms with E-state index in [1.54, 1.807) is 6.07 Å². The molecule has 1 spiro atoms. The van der Waals surface area contributed by atoms with Gasteiger partial charge in [0.05, 0.1) is 34.6 Å². The Balaban J connectivity index is 1.36. The van der Waals surface area contributed by atoms with Gasteiger partial charge >= 0.3 is 0 Å². The maximum absolute atomic E-state index is 12.5. The smallest absolute Gasteiger partial charge is 0.234 e. The third-order valence-electron chi connectivity index (χ3n) is 8.52. The normalized spacial score (nSPS) is 19.1. The lowest BCUT2D eigenvalue weighted by Crippen LogP contribution is -2.34. The van der Waals surface area contributed by atoms with Gasteiger partial charge in [-0.1, -0.05) is 18.9 Å². The second-order valence-corrected chi connectivity index (χ2v) is 14.6. The quantitative estimate of drug-likeness (QED) is 0.296. The summed E-state index contributed by atoms with van der Waals surface area (Å²) in [5.74, 6) is 0.366. The predicted octanol–water partition coefficient (Wildman–Crippen LogP) is 5.83. The fraction of sp³-hybridized carbons (Fsp3) is 0.517. The topological polar surface area (TPSA) is 107 Å². The van der Waals surface area contributed by atoms with Gasteiger partial charge in [-0.15, -0.1) is 11.8 Å². The number of aliphatic hydroxyl groups is 1. The van der Waals surface area contributed by atoms with Gasteiger partial charge in [0.15, 0.2) is 0 Å².